The fraction of sp³-hybridized carbons (Fsp3) is 0.0732. The molecule has 54 heavy (non-hydrogen) atoms. The monoisotopic (exact) mass is 755 g/mol. The first-order chi connectivity index (χ1) is 26.3. The number of non-ortho nitro benzene ring substituents is 1. The molecule has 3 amide bonds. The highest BCUT2D eigenvalue weighted by molar-refractivity contribution is 8.00. The van der Waals surface area contributed by atoms with Gasteiger partial charge in [0.05, 0.1) is 17.2 Å². The van der Waals surface area contributed by atoms with Crippen LogP contribution < -0.4 is 20.7 Å². The van der Waals surface area contributed by atoms with E-state index in [9.17, 15) is 24.5 Å². The number of nitro benzene ring substituents is 1. The van der Waals surface area contributed by atoms with Crippen molar-refractivity contribution in [3.8, 4) is 17.0 Å². The molecule has 0 spiro atoms. The topological polar surface area (TPSA) is 153 Å². The maximum atomic E-state index is 13.8. The van der Waals surface area contributed by atoms with Gasteiger partial charge in [0, 0.05) is 44.8 Å². The van der Waals surface area contributed by atoms with E-state index in [2.05, 4.69) is 20.9 Å². The van der Waals surface area contributed by atoms with Gasteiger partial charge in [-0.2, -0.15) is 0 Å². The average Bonchev–Trinajstić information content (AvgIpc) is 3.66. The number of carbonyl (C=O) groups excluding carboxylic acids is 3. The van der Waals surface area contributed by atoms with Gasteiger partial charge >= 0.3 is 0 Å². The molecule has 11 nitrogen and oxygen atoms in total. The molecule has 1 heterocycles. The lowest BCUT2D eigenvalue weighted by Crippen LogP contribution is -2.30. The van der Waals surface area contributed by atoms with Gasteiger partial charge in [-0.15, -0.1) is 23.1 Å². The van der Waals surface area contributed by atoms with Gasteiger partial charge < -0.3 is 20.7 Å². The van der Waals surface area contributed by atoms with Crippen LogP contribution >= 0.6 is 23.1 Å². The first-order valence-electron chi connectivity index (χ1n) is 16.7. The van der Waals surface area contributed by atoms with E-state index in [1.807, 2.05) is 55.5 Å². The SMILES string of the molecule is CCOc1ccccc1/C=C(/NC(=O)c1ccccc1)C(=O)Nc1cccc(SC(C(=O)Nc2nc(-c3cccc([N+](=O)[O-])c3)cs2)c2ccccc2)c1. The van der Waals surface area contributed by atoms with Crippen molar-refractivity contribution in [2.24, 2.45) is 0 Å². The molecule has 5 aromatic carbocycles. The van der Waals surface area contributed by atoms with E-state index >= 15 is 0 Å². The Morgan fingerprint density at radius 3 is 2.35 bits per heavy atom. The molecule has 0 fully saturated rings. The Bertz CT molecular complexity index is 2310. The first kappa shape index (κ1) is 37.2. The summed E-state index contributed by atoms with van der Waals surface area (Å²) in [6.45, 7) is 2.28. The highest BCUT2D eigenvalue weighted by Gasteiger charge is 2.24. The number of thiazole rings is 1. The lowest BCUT2D eigenvalue weighted by Gasteiger charge is -2.17. The number of benzene rings is 5. The molecule has 0 radical (unpaired) electrons. The number of hydrogen-bond donors (Lipinski definition) is 3. The molecule has 270 valence electrons. The number of thioether (sulfide) groups is 1. The maximum absolute atomic E-state index is 13.8. The van der Waals surface area contributed by atoms with Crippen LogP contribution in [0.2, 0.25) is 0 Å². The molecule has 6 aromatic rings. The summed E-state index contributed by atoms with van der Waals surface area (Å²) in [5.41, 5.74) is 3.19. The highest BCUT2D eigenvalue weighted by atomic mass is 32.2. The molecule has 6 rings (SSSR count). The Balaban J connectivity index is 1.22. The summed E-state index contributed by atoms with van der Waals surface area (Å²) in [4.78, 5) is 56.9. The van der Waals surface area contributed by atoms with Crippen LogP contribution in [0.25, 0.3) is 17.3 Å². The summed E-state index contributed by atoms with van der Waals surface area (Å²) in [5, 5.41) is 21.2. The third kappa shape index (κ3) is 9.64. The summed E-state index contributed by atoms with van der Waals surface area (Å²) >= 11 is 2.49. The second-order valence-electron chi connectivity index (χ2n) is 11.6. The van der Waals surface area contributed by atoms with E-state index in [1.54, 1.807) is 84.3 Å². The number of aromatic nitrogens is 1. The van der Waals surface area contributed by atoms with Crippen LogP contribution in [0.4, 0.5) is 16.5 Å². The van der Waals surface area contributed by atoms with E-state index in [0.29, 0.717) is 50.5 Å². The van der Waals surface area contributed by atoms with Gasteiger partial charge in [0.25, 0.3) is 17.5 Å². The molecule has 0 aliphatic carbocycles. The summed E-state index contributed by atoms with van der Waals surface area (Å²) in [7, 11) is 0. The number of amides is 3. The van der Waals surface area contributed by atoms with Crippen molar-refractivity contribution in [1.82, 2.24) is 10.3 Å². The molecule has 1 unspecified atom stereocenters. The van der Waals surface area contributed by atoms with Crippen LogP contribution in [-0.2, 0) is 9.59 Å². The van der Waals surface area contributed by atoms with E-state index < -0.39 is 22.0 Å². The predicted molar refractivity (Wildman–Crippen MR) is 212 cm³/mol. The van der Waals surface area contributed by atoms with Crippen molar-refractivity contribution in [3.63, 3.8) is 0 Å². The van der Waals surface area contributed by atoms with Crippen LogP contribution in [0.5, 0.6) is 5.75 Å². The summed E-state index contributed by atoms with van der Waals surface area (Å²) in [6.07, 6.45) is 1.57. The Morgan fingerprint density at radius 1 is 0.870 bits per heavy atom. The molecule has 1 atom stereocenters. The van der Waals surface area contributed by atoms with Gasteiger partial charge in [0.15, 0.2) is 5.13 Å². The van der Waals surface area contributed by atoms with Crippen LogP contribution in [0.3, 0.4) is 0 Å². The predicted octanol–water partition coefficient (Wildman–Crippen LogP) is 9.00. The second kappa shape index (κ2) is 17.8. The number of carbonyl (C=O) groups is 3. The molecule has 0 saturated carbocycles. The quantitative estimate of drug-likeness (QED) is 0.0431. The normalized spacial score (nSPS) is 11.6. The minimum Gasteiger partial charge on any atom is -0.493 e. The van der Waals surface area contributed by atoms with Crippen molar-refractivity contribution >= 4 is 63.4 Å². The zero-order valence-corrected chi connectivity index (χ0v) is 30.4. The highest BCUT2D eigenvalue weighted by Crippen LogP contribution is 2.38. The van der Waals surface area contributed by atoms with Crippen LogP contribution in [0.1, 0.15) is 33.7 Å². The van der Waals surface area contributed by atoms with E-state index in [4.69, 9.17) is 4.74 Å². The smallest absolute Gasteiger partial charge is 0.272 e. The maximum Gasteiger partial charge on any atom is 0.272 e. The van der Waals surface area contributed by atoms with Gasteiger partial charge in [-0.3, -0.25) is 24.5 Å². The lowest BCUT2D eigenvalue weighted by molar-refractivity contribution is -0.384. The average molecular weight is 756 g/mol. The molecule has 1 aromatic heterocycles. The van der Waals surface area contributed by atoms with Crippen LogP contribution in [0, 0.1) is 10.1 Å². The number of ether oxygens (including phenoxy) is 1. The summed E-state index contributed by atoms with van der Waals surface area (Å²) < 4.78 is 5.75. The third-order valence-electron chi connectivity index (χ3n) is 7.82. The second-order valence-corrected chi connectivity index (χ2v) is 13.6. The molecule has 0 bridgehead atoms. The van der Waals surface area contributed by atoms with Gasteiger partial charge in [0.2, 0.25) is 5.91 Å². The van der Waals surface area contributed by atoms with E-state index in [-0.39, 0.29) is 17.3 Å². The van der Waals surface area contributed by atoms with Gasteiger partial charge in [-0.25, -0.2) is 4.98 Å². The van der Waals surface area contributed by atoms with E-state index in [0.717, 1.165) is 5.56 Å². The first-order valence-corrected chi connectivity index (χ1v) is 18.5. The number of nitro groups is 1. The third-order valence-corrected chi connectivity index (χ3v) is 9.83. The van der Waals surface area contributed by atoms with Gasteiger partial charge in [0.1, 0.15) is 16.7 Å². The minimum absolute atomic E-state index is 0.00327. The Labute approximate surface area is 319 Å². The number of para-hydroxylation sites is 1. The number of hydrogen-bond acceptors (Lipinski definition) is 9. The zero-order chi connectivity index (χ0) is 37.9. The van der Waals surface area contributed by atoms with Crippen molar-refractivity contribution in [2.75, 3.05) is 17.2 Å². The summed E-state index contributed by atoms with van der Waals surface area (Å²) in [6, 6.07) is 38.3. The standard InChI is InChI=1S/C41H33N5O6S2/c1-2-52-36-22-10-9-17-30(36)24-34(43-38(47)28-15-7-4-8-16-28)39(48)42-31-19-12-21-33(25-31)54-37(27-13-5-3-6-14-27)40(49)45-41-44-35(26-53-41)29-18-11-20-32(23-29)46(50)51/h3-26,37H,2H2,1H3,(H,42,48)(H,43,47)(H,44,45,49)/b34-24+. The molecule has 0 aliphatic rings. The fourth-order valence-corrected chi connectivity index (χ4v) is 7.09. The number of nitrogens with one attached hydrogen (secondary N) is 3. The molecular weight excluding hydrogens is 723 g/mol. The Hall–Kier alpha value is -6.57. The zero-order valence-electron chi connectivity index (χ0n) is 28.8. The van der Waals surface area contributed by atoms with Crippen LogP contribution in [-0.4, -0.2) is 34.2 Å². The Kier molecular flexibility index (Phi) is 12.2. The largest absolute Gasteiger partial charge is 0.493 e. The fourth-order valence-electron chi connectivity index (χ4n) is 5.28. The molecule has 13 heteroatoms. The summed E-state index contributed by atoms with van der Waals surface area (Å²) in [5.74, 6) is -0.791. The number of anilines is 2. The lowest BCUT2D eigenvalue weighted by atomic mass is 10.1. The van der Waals surface area contributed by atoms with Gasteiger partial charge in [-0.05, 0) is 55.0 Å². The van der Waals surface area contributed by atoms with Crippen molar-refractivity contribution in [3.05, 3.63) is 171 Å². The number of rotatable bonds is 14. The van der Waals surface area contributed by atoms with Crippen LogP contribution in [0.15, 0.2) is 149 Å². The van der Waals surface area contributed by atoms with Crippen molar-refractivity contribution < 1.29 is 24.0 Å². The molecule has 0 saturated heterocycles. The molecular formula is C41H33N5O6S2. The minimum atomic E-state index is -0.710. The molecule has 3 N–H and O–H groups in total. The van der Waals surface area contributed by atoms with Crippen molar-refractivity contribution in [2.45, 2.75) is 17.1 Å². The molecule has 0 aliphatic heterocycles. The van der Waals surface area contributed by atoms with Crippen molar-refractivity contribution in [1.29, 1.82) is 0 Å². The van der Waals surface area contributed by atoms with E-state index in [1.165, 1.54) is 35.2 Å². The number of nitrogens with zero attached hydrogens (tertiary/aromatic N) is 2. The Morgan fingerprint density at radius 2 is 1.59 bits per heavy atom. The van der Waals surface area contributed by atoms with Gasteiger partial charge in [-0.1, -0.05) is 84.9 Å².